The maximum absolute atomic E-state index is 12.5. The fourth-order valence-electron chi connectivity index (χ4n) is 3.51. The van der Waals surface area contributed by atoms with Gasteiger partial charge in [0, 0.05) is 26.6 Å². The van der Waals surface area contributed by atoms with Gasteiger partial charge in [0.2, 0.25) is 0 Å². The zero-order chi connectivity index (χ0) is 18.0. The molecule has 1 aliphatic rings. The molecule has 1 saturated carbocycles. The Bertz CT molecular complexity index is 825. The molecule has 0 aliphatic heterocycles. The third-order valence-corrected chi connectivity index (χ3v) is 4.93. The molecule has 2 aromatic rings. The molecule has 2 aromatic heterocycles. The van der Waals surface area contributed by atoms with Crippen molar-refractivity contribution in [2.45, 2.75) is 45.1 Å². The van der Waals surface area contributed by atoms with Crippen LogP contribution in [0.5, 0.6) is 0 Å². The van der Waals surface area contributed by atoms with Gasteiger partial charge in [-0.15, -0.1) is 0 Å². The van der Waals surface area contributed by atoms with Gasteiger partial charge in [-0.1, -0.05) is 12.8 Å². The molecular formula is C17H24N6O2. The monoisotopic (exact) mass is 344 g/mol. The van der Waals surface area contributed by atoms with Gasteiger partial charge in [-0.25, -0.2) is 9.48 Å². The lowest BCUT2D eigenvalue weighted by atomic mass is 9.82. The molecule has 0 radical (unpaired) electrons. The van der Waals surface area contributed by atoms with Crippen LogP contribution in [-0.2, 0) is 20.5 Å². The third-order valence-electron chi connectivity index (χ3n) is 4.93. The van der Waals surface area contributed by atoms with Crippen LogP contribution < -0.4 is 11.0 Å². The van der Waals surface area contributed by atoms with Crippen LogP contribution in [0.1, 0.15) is 47.6 Å². The molecule has 0 bridgehead atoms. The van der Waals surface area contributed by atoms with Crippen molar-refractivity contribution in [3.05, 3.63) is 39.8 Å². The average Bonchev–Trinajstić information content (AvgIpc) is 2.83. The summed E-state index contributed by atoms with van der Waals surface area (Å²) in [5.41, 5.74) is 1.13. The number of hydrogen-bond acceptors (Lipinski definition) is 5. The Labute approximate surface area is 146 Å². The highest BCUT2D eigenvalue weighted by molar-refractivity contribution is 5.94. The summed E-state index contributed by atoms with van der Waals surface area (Å²) in [4.78, 5) is 24.4. The fourth-order valence-corrected chi connectivity index (χ4v) is 3.51. The van der Waals surface area contributed by atoms with Crippen molar-refractivity contribution in [3.63, 3.8) is 0 Å². The summed E-state index contributed by atoms with van der Waals surface area (Å²) in [6.07, 6.45) is 6.36. The molecule has 0 saturated heterocycles. The first-order valence-electron chi connectivity index (χ1n) is 8.65. The van der Waals surface area contributed by atoms with Gasteiger partial charge in [-0.2, -0.15) is 15.3 Å². The normalized spacial score (nSPS) is 20.4. The molecule has 3 rings (SSSR count). The van der Waals surface area contributed by atoms with Crippen molar-refractivity contribution >= 4 is 5.91 Å². The summed E-state index contributed by atoms with van der Waals surface area (Å²) >= 11 is 0. The van der Waals surface area contributed by atoms with Crippen LogP contribution >= 0.6 is 0 Å². The predicted octanol–water partition coefficient (Wildman–Crippen LogP) is 0.749. The van der Waals surface area contributed by atoms with Crippen LogP contribution in [0.15, 0.2) is 17.1 Å². The van der Waals surface area contributed by atoms with Gasteiger partial charge >= 0.3 is 5.69 Å². The number of hydrogen-bond donors (Lipinski definition) is 1. The molecular weight excluding hydrogens is 320 g/mol. The SMILES string of the molecule is Cc1cc(C(=O)N[C@@H]2CCCC[C@@H]2Cc2nn(C)c(=O)n2C)cnn1. The molecule has 134 valence electrons. The largest absolute Gasteiger partial charge is 0.349 e. The lowest BCUT2D eigenvalue weighted by molar-refractivity contribution is 0.0904. The van der Waals surface area contributed by atoms with E-state index in [0.717, 1.165) is 37.2 Å². The van der Waals surface area contributed by atoms with Crippen molar-refractivity contribution in [2.24, 2.45) is 20.0 Å². The second-order valence-corrected chi connectivity index (χ2v) is 6.80. The van der Waals surface area contributed by atoms with E-state index in [0.29, 0.717) is 12.0 Å². The van der Waals surface area contributed by atoms with E-state index in [1.807, 2.05) is 6.92 Å². The van der Waals surface area contributed by atoms with Crippen molar-refractivity contribution in [3.8, 4) is 0 Å². The lowest BCUT2D eigenvalue weighted by Crippen LogP contribution is -2.43. The summed E-state index contributed by atoms with van der Waals surface area (Å²) in [7, 11) is 3.40. The van der Waals surface area contributed by atoms with E-state index < -0.39 is 0 Å². The van der Waals surface area contributed by atoms with Crippen molar-refractivity contribution in [2.75, 3.05) is 0 Å². The molecule has 0 spiro atoms. The highest BCUT2D eigenvalue weighted by atomic mass is 16.2. The number of carbonyl (C=O) groups is 1. The minimum Gasteiger partial charge on any atom is -0.349 e. The van der Waals surface area contributed by atoms with Crippen LogP contribution in [-0.4, -0.2) is 36.5 Å². The molecule has 2 atom stereocenters. The molecule has 1 amide bonds. The predicted molar refractivity (Wildman–Crippen MR) is 92.1 cm³/mol. The van der Waals surface area contributed by atoms with Crippen LogP contribution in [0, 0.1) is 12.8 Å². The highest BCUT2D eigenvalue weighted by Gasteiger charge is 2.28. The summed E-state index contributed by atoms with van der Waals surface area (Å²) in [5, 5.41) is 15.2. The first-order chi connectivity index (χ1) is 12.0. The Morgan fingerprint density at radius 2 is 2.08 bits per heavy atom. The Balaban J connectivity index is 1.73. The van der Waals surface area contributed by atoms with Gasteiger partial charge in [-0.3, -0.25) is 9.36 Å². The van der Waals surface area contributed by atoms with Crippen molar-refractivity contribution < 1.29 is 4.79 Å². The zero-order valence-electron chi connectivity index (χ0n) is 14.9. The van der Waals surface area contributed by atoms with Crippen molar-refractivity contribution in [1.82, 2.24) is 29.9 Å². The first kappa shape index (κ1) is 17.3. The first-order valence-corrected chi connectivity index (χ1v) is 8.65. The van der Waals surface area contributed by atoms with E-state index in [-0.39, 0.29) is 23.6 Å². The molecule has 1 aliphatic carbocycles. The van der Waals surface area contributed by atoms with Crippen LogP contribution in [0.25, 0.3) is 0 Å². The smallest absolute Gasteiger partial charge is 0.345 e. The molecule has 1 N–H and O–H groups in total. The van der Waals surface area contributed by atoms with Crippen molar-refractivity contribution in [1.29, 1.82) is 0 Å². The molecule has 2 heterocycles. The van der Waals surface area contributed by atoms with E-state index in [1.165, 1.54) is 10.9 Å². The second-order valence-electron chi connectivity index (χ2n) is 6.80. The number of carbonyl (C=O) groups excluding carboxylic acids is 1. The number of nitrogens with zero attached hydrogens (tertiary/aromatic N) is 5. The number of aromatic nitrogens is 5. The average molecular weight is 344 g/mol. The van der Waals surface area contributed by atoms with Crippen LogP contribution in [0.2, 0.25) is 0 Å². The fraction of sp³-hybridized carbons (Fsp3) is 0.588. The van der Waals surface area contributed by atoms with E-state index in [1.54, 1.807) is 24.7 Å². The summed E-state index contributed by atoms with van der Waals surface area (Å²) < 4.78 is 2.95. The molecule has 1 fully saturated rings. The minimum absolute atomic E-state index is 0.0758. The molecule has 8 nitrogen and oxygen atoms in total. The van der Waals surface area contributed by atoms with Gasteiger partial charge in [0.05, 0.1) is 17.5 Å². The second kappa shape index (κ2) is 7.16. The zero-order valence-corrected chi connectivity index (χ0v) is 14.9. The Morgan fingerprint density at radius 1 is 1.32 bits per heavy atom. The third kappa shape index (κ3) is 3.78. The maximum Gasteiger partial charge on any atom is 0.345 e. The Hall–Kier alpha value is -2.51. The minimum atomic E-state index is -0.121. The molecule has 0 aromatic carbocycles. The standard InChI is InChI=1S/C17H24N6O2/c1-11-8-13(10-18-20-11)16(24)19-14-7-5-4-6-12(14)9-15-21-23(3)17(25)22(15)2/h8,10,12,14H,4-7,9H2,1-3H3,(H,19,24)/t12-,14-/m1/s1. The number of amides is 1. The van der Waals surface area contributed by atoms with E-state index in [9.17, 15) is 9.59 Å². The highest BCUT2D eigenvalue weighted by Crippen LogP contribution is 2.27. The van der Waals surface area contributed by atoms with E-state index in [4.69, 9.17) is 0 Å². The quantitative estimate of drug-likeness (QED) is 0.883. The van der Waals surface area contributed by atoms with Crippen LogP contribution in [0.3, 0.4) is 0 Å². The van der Waals surface area contributed by atoms with E-state index in [2.05, 4.69) is 20.6 Å². The molecule has 25 heavy (non-hydrogen) atoms. The maximum atomic E-state index is 12.5. The van der Waals surface area contributed by atoms with Crippen LogP contribution in [0.4, 0.5) is 0 Å². The van der Waals surface area contributed by atoms with Gasteiger partial charge in [0.1, 0.15) is 5.82 Å². The van der Waals surface area contributed by atoms with Gasteiger partial charge < -0.3 is 5.32 Å². The Morgan fingerprint density at radius 3 is 2.76 bits per heavy atom. The summed E-state index contributed by atoms with van der Waals surface area (Å²) in [5.74, 6) is 0.916. The summed E-state index contributed by atoms with van der Waals surface area (Å²) in [6.45, 7) is 1.81. The number of nitrogens with one attached hydrogen (secondary N) is 1. The van der Waals surface area contributed by atoms with E-state index >= 15 is 0 Å². The number of rotatable bonds is 4. The number of aryl methyl sites for hydroxylation is 2. The molecule has 0 unspecified atom stereocenters. The lowest BCUT2D eigenvalue weighted by Gasteiger charge is -2.32. The van der Waals surface area contributed by atoms with Gasteiger partial charge in [0.25, 0.3) is 5.91 Å². The van der Waals surface area contributed by atoms with Gasteiger partial charge in [-0.05, 0) is 31.7 Å². The van der Waals surface area contributed by atoms with Gasteiger partial charge in [0.15, 0.2) is 0 Å². The topological polar surface area (TPSA) is 94.7 Å². The Kier molecular flexibility index (Phi) is 4.96. The summed E-state index contributed by atoms with van der Waals surface area (Å²) in [6, 6.07) is 1.81. The molecule has 8 heteroatoms.